The standard InChI is InChI=1S/C15H19BrN2S/c1-3-17-13(9-15-18-11(2)10-19-15)8-12-6-4-5-7-14(12)16/h4-7,10,13,17H,3,8-9H2,1-2H3. The minimum absolute atomic E-state index is 0.439. The summed E-state index contributed by atoms with van der Waals surface area (Å²) >= 11 is 5.38. The van der Waals surface area contributed by atoms with Gasteiger partial charge in [-0.3, -0.25) is 0 Å². The van der Waals surface area contributed by atoms with Crippen molar-refractivity contribution >= 4 is 27.3 Å². The number of aromatic nitrogens is 1. The van der Waals surface area contributed by atoms with E-state index in [9.17, 15) is 0 Å². The normalized spacial score (nSPS) is 12.6. The van der Waals surface area contributed by atoms with Gasteiger partial charge in [-0.1, -0.05) is 41.1 Å². The number of nitrogens with one attached hydrogen (secondary N) is 1. The highest BCUT2D eigenvalue weighted by Gasteiger charge is 2.13. The number of hydrogen-bond acceptors (Lipinski definition) is 3. The van der Waals surface area contributed by atoms with Crippen LogP contribution in [0.4, 0.5) is 0 Å². The fourth-order valence-electron chi connectivity index (χ4n) is 2.14. The first-order valence-electron chi connectivity index (χ1n) is 6.56. The van der Waals surface area contributed by atoms with Gasteiger partial charge in [-0.15, -0.1) is 11.3 Å². The molecule has 0 amide bonds. The lowest BCUT2D eigenvalue weighted by molar-refractivity contribution is 0.519. The highest BCUT2D eigenvalue weighted by Crippen LogP contribution is 2.19. The van der Waals surface area contributed by atoms with Crippen molar-refractivity contribution in [3.8, 4) is 0 Å². The van der Waals surface area contributed by atoms with Crippen LogP contribution in [0.25, 0.3) is 0 Å². The zero-order valence-corrected chi connectivity index (χ0v) is 13.7. The first kappa shape index (κ1) is 14.7. The summed E-state index contributed by atoms with van der Waals surface area (Å²) in [6, 6.07) is 8.87. The smallest absolute Gasteiger partial charge is 0.0943 e. The van der Waals surface area contributed by atoms with Crippen molar-refractivity contribution in [3.63, 3.8) is 0 Å². The van der Waals surface area contributed by atoms with Crippen LogP contribution in [0.3, 0.4) is 0 Å². The second kappa shape index (κ2) is 7.17. The molecule has 4 heteroatoms. The highest BCUT2D eigenvalue weighted by molar-refractivity contribution is 9.10. The molecule has 1 aromatic heterocycles. The van der Waals surface area contributed by atoms with Crippen molar-refractivity contribution in [1.82, 2.24) is 10.3 Å². The van der Waals surface area contributed by atoms with Crippen LogP contribution in [-0.4, -0.2) is 17.6 Å². The summed E-state index contributed by atoms with van der Waals surface area (Å²) < 4.78 is 1.19. The molecule has 0 bridgehead atoms. The fourth-order valence-corrected chi connectivity index (χ4v) is 3.44. The molecule has 1 heterocycles. The van der Waals surface area contributed by atoms with Crippen LogP contribution in [0.5, 0.6) is 0 Å². The second-order valence-electron chi connectivity index (χ2n) is 4.64. The van der Waals surface area contributed by atoms with Crippen molar-refractivity contribution < 1.29 is 0 Å². The number of hydrogen-bond donors (Lipinski definition) is 1. The third kappa shape index (κ3) is 4.41. The minimum atomic E-state index is 0.439. The Labute approximate surface area is 127 Å². The Kier molecular flexibility index (Phi) is 5.55. The van der Waals surface area contributed by atoms with Gasteiger partial charge in [0.1, 0.15) is 0 Å². The molecule has 2 aromatic rings. The van der Waals surface area contributed by atoms with E-state index in [0.717, 1.165) is 25.1 Å². The summed E-state index contributed by atoms with van der Waals surface area (Å²) in [5.74, 6) is 0. The maximum atomic E-state index is 4.56. The molecule has 1 aromatic carbocycles. The van der Waals surface area contributed by atoms with E-state index >= 15 is 0 Å². The van der Waals surface area contributed by atoms with E-state index in [1.165, 1.54) is 15.0 Å². The van der Waals surface area contributed by atoms with E-state index in [1.807, 2.05) is 0 Å². The molecule has 19 heavy (non-hydrogen) atoms. The molecule has 0 radical (unpaired) electrons. The predicted molar refractivity (Wildman–Crippen MR) is 85.9 cm³/mol. The van der Waals surface area contributed by atoms with Crippen molar-refractivity contribution in [3.05, 3.63) is 50.4 Å². The first-order chi connectivity index (χ1) is 9.19. The van der Waals surface area contributed by atoms with Crippen LogP contribution in [0, 0.1) is 6.92 Å². The maximum absolute atomic E-state index is 4.56. The predicted octanol–water partition coefficient (Wildman–Crippen LogP) is 3.98. The molecule has 1 atom stereocenters. The lowest BCUT2D eigenvalue weighted by Crippen LogP contribution is -2.33. The van der Waals surface area contributed by atoms with Crippen LogP contribution < -0.4 is 5.32 Å². The molecule has 0 aliphatic rings. The average Bonchev–Trinajstić information content (AvgIpc) is 2.78. The van der Waals surface area contributed by atoms with Gasteiger partial charge < -0.3 is 5.32 Å². The molecule has 2 rings (SSSR count). The average molecular weight is 339 g/mol. The molecule has 0 fully saturated rings. The Bertz CT molecular complexity index is 524. The van der Waals surface area contributed by atoms with Crippen LogP contribution in [-0.2, 0) is 12.8 Å². The molecule has 0 aliphatic carbocycles. The van der Waals surface area contributed by atoms with E-state index < -0.39 is 0 Å². The van der Waals surface area contributed by atoms with Crippen molar-refractivity contribution in [2.24, 2.45) is 0 Å². The molecular formula is C15H19BrN2S. The number of aryl methyl sites for hydroxylation is 1. The van der Waals surface area contributed by atoms with E-state index in [-0.39, 0.29) is 0 Å². The van der Waals surface area contributed by atoms with Crippen LogP contribution in [0.1, 0.15) is 23.2 Å². The SMILES string of the molecule is CCNC(Cc1nc(C)cs1)Cc1ccccc1Br. The lowest BCUT2D eigenvalue weighted by Gasteiger charge is -2.17. The Balaban J connectivity index is 2.06. The van der Waals surface area contributed by atoms with E-state index in [0.29, 0.717) is 6.04 Å². The second-order valence-corrected chi connectivity index (χ2v) is 6.43. The van der Waals surface area contributed by atoms with Gasteiger partial charge in [-0.25, -0.2) is 4.98 Å². The van der Waals surface area contributed by atoms with Crippen molar-refractivity contribution in [2.75, 3.05) is 6.54 Å². The largest absolute Gasteiger partial charge is 0.314 e. The molecule has 0 saturated heterocycles. The summed E-state index contributed by atoms with van der Waals surface area (Å²) in [6.07, 6.45) is 2.02. The Morgan fingerprint density at radius 2 is 2.11 bits per heavy atom. The third-order valence-electron chi connectivity index (χ3n) is 3.00. The van der Waals surface area contributed by atoms with Crippen LogP contribution in [0.2, 0.25) is 0 Å². The van der Waals surface area contributed by atoms with Gasteiger partial charge >= 0.3 is 0 Å². The van der Waals surface area contributed by atoms with Crippen molar-refractivity contribution in [1.29, 1.82) is 0 Å². The van der Waals surface area contributed by atoms with Gasteiger partial charge in [-0.05, 0) is 31.5 Å². The molecular weight excluding hydrogens is 320 g/mol. The van der Waals surface area contributed by atoms with Gasteiger partial charge in [0.15, 0.2) is 0 Å². The van der Waals surface area contributed by atoms with Gasteiger partial charge in [0, 0.05) is 28.0 Å². The molecule has 102 valence electrons. The number of rotatable bonds is 6. The minimum Gasteiger partial charge on any atom is -0.314 e. The van der Waals surface area contributed by atoms with E-state index in [4.69, 9.17) is 0 Å². The van der Waals surface area contributed by atoms with Gasteiger partial charge in [-0.2, -0.15) is 0 Å². The lowest BCUT2D eigenvalue weighted by atomic mass is 10.0. The van der Waals surface area contributed by atoms with Gasteiger partial charge in [0.2, 0.25) is 0 Å². The Morgan fingerprint density at radius 1 is 1.32 bits per heavy atom. The monoisotopic (exact) mass is 338 g/mol. The number of nitrogens with zero attached hydrogens (tertiary/aromatic N) is 1. The fraction of sp³-hybridized carbons (Fsp3) is 0.400. The number of halogens is 1. The van der Waals surface area contributed by atoms with E-state index in [2.05, 4.69) is 69.7 Å². The summed E-state index contributed by atoms with van der Waals surface area (Å²) in [4.78, 5) is 4.56. The molecule has 0 aliphatic heterocycles. The first-order valence-corrected chi connectivity index (χ1v) is 8.24. The zero-order chi connectivity index (χ0) is 13.7. The van der Waals surface area contributed by atoms with Crippen molar-refractivity contribution in [2.45, 2.75) is 32.7 Å². The number of benzene rings is 1. The van der Waals surface area contributed by atoms with Gasteiger partial charge in [0.05, 0.1) is 5.01 Å². The summed E-state index contributed by atoms with van der Waals surface area (Å²) in [6.45, 7) is 5.19. The Hall–Kier alpha value is -0.710. The van der Waals surface area contributed by atoms with Gasteiger partial charge in [0.25, 0.3) is 0 Å². The van der Waals surface area contributed by atoms with Crippen LogP contribution >= 0.6 is 27.3 Å². The van der Waals surface area contributed by atoms with E-state index in [1.54, 1.807) is 11.3 Å². The quantitative estimate of drug-likeness (QED) is 0.861. The maximum Gasteiger partial charge on any atom is 0.0943 e. The summed E-state index contributed by atoms with van der Waals surface area (Å²) in [5.41, 5.74) is 2.47. The molecule has 1 unspecified atom stereocenters. The Morgan fingerprint density at radius 3 is 2.74 bits per heavy atom. The third-order valence-corrected chi connectivity index (χ3v) is 4.77. The summed E-state index contributed by atoms with van der Waals surface area (Å²) in [7, 11) is 0. The number of thiazole rings is 1. The van der Waals surface area contributed by atoms with Crippen LogP contribution in [0.15, 0.2) is 34.1 Å². The summed E-state index contributed by atoms with van der Waals surface area (Å²) in [5, 5.41) is 6.90. The molecule has 0 saturated carbocycles. The number of likely N-dealkylation sites (N-methyl/N-ethyl adjacent to an activating group) is 1. The molecule has 0 spiro atoms. The topological polar surface area (TPSA) is 24.9 Å². The zero-order valence-electron chi connectivity index (χ0n) is 11.3. The highest BCUT2D eigenvalue weighted by atomic mass is 79.9. The molecule has 2 nitrogen and oxygen atoms in total. The molecule has 1 N–H and O–H groups in total.